The molecule has 86 valence electrons. The van der Waals surface area contributed by atoms with E-state index in [1.165, 1.54) is 0 Å². The molecule has 0 atom stereocenters. The summed E-state index contributed by atoms with van der Waals surface area (Å²) in [6, 6.07) is 5.53. The zero-order chi connectivity index (χ0) is 11.5. The van der Waals surface area contributed by atoms with Crippen molar-refractivity contribution in [1.82, 2.24) is 5.32 Å². The second-order valence-corrected chi connectivity index (χ2v) is 4.00. The van der Waals surface area contributed by atoms with Crippen LogP contribution in [-0.4, -0.2) is 32.7 Å². The number of hydrogen-bond donors (Lipinski definition) is 1. The number of halogens is 1. The van der Waals surface area contributed by atoms with Crippen LogP contribution in [0.4, 0.5) is 5.69 Å². The van der Waals surface area contributed by atoms with Gasteiger partial charge in [-0.2, -0.15) is 0 Å². The Morgan fingerprint density at radius 2 is 2.31 bits per heavy atom. The zero-order valence-corrected chi connectivity index (χ0v) is 9.75. The van der Waals surface area contributed by atoms with E-state index in [1.807, 2.05) is 23.1 Å². The van der Waals surface area contributed by atoms with Crippen molar-refractivity contribution in [2.45, 2.75) is 0 Å². The van der Waals surface area contributed by atoms with Gasteiger partial charge in [-0.3, -0.25) is 4.79 Å². The summed E-state index contributed by atoms with van der Waals surface area (Å²) in [5, 5.41) is 3.34. The minimum absolute atomic E-state index is 0.0400. The average molecular weight is 241 g/mol. The van der Waals surface area contributed by atoms with E-state index in [-0.39, 0.29) is 5.91 Å². The smallest absolute Gasteiger partial charge is 0.239 e. The molecule has 0 aliphatic carbocycles. The molecule has 1 heterocycles. The van der Waals surface area contributed by atoms with Crippen molar-refractivity contribution in [3.8, 4) is 5.75 Å². The number of amides is 1. The first-order valence-corrected chi connectivity index (χ1v) is 5.43. The lowest BCUT2D eigenvalue weighted by atomic mass is 10.2. The molecule has 2 rings (SSSR count). The van der Waals surface area contributed by atoms with Crippen LogP contribution in [0.3, 0.4) is 0 Å². The van der Waals surface area contributed by atoms with Gasteiger partial charge < -0.3 is 15.0 Å². The first-order valence-electron chi connectivity index (χ1n) is 5.06. The number of carbonyl (C=O) groups excluding carboxylic acids is 1. The highest BCUT2D eigenvalue weighted by atomic mass is 35.5. The molecule has 1 aliphatic heterocycles. The Bertz CT molecular complexity index is 409. The molecule has 1 aliphatic rings. The quantitative estimate of drug-likeness (QED) is 0.847. The van der Waals surface area contributed by atoms with Gasteiger partial charge in [-0.1, -0.05) is 11.6 Å². The Balaban J connectivity index is 2.20. The van der Waals surface area contributed by atoms with Crippen LogP contribution in [0.1, 0.15) is 0 Å². The Labute approximate surface area is 99.1 Å². The number of rotatable bonds is 2. The fourth-order valence-electron chi connectivity index (χ4n) is 1.71. The predicted molar refractivity (Wildman–Crippen MR) is 63.2 cm³/mol. The Kier molecular flexibility index (Phi) is 3.19. The van der Waals surface area contributed by atoms with Crippen molar-refractivity contribution in [3.63, 3.8) is 0 Å². The van der Waals surface area contributed by atoms with Crippen LogP contribution < -0.4 is 15.0 Å². The van der Waals surface area contributed by atoms with Crippen LogP contribution in [0.2, 0.25) is 5.02 Å². The standard InChI is InChI=1S/C11H13ClN2O2/c1-16-10-3-2-8(6-9(10)12)14-5-4-13-11(15)7-14/h2-3,6H,4-5,7H2,1H3,(H,13,15). The molecular weight excluding hydrogens is 228 g/mol. The minimum Gasteiger partial charge on any atom is -0.495 e. The number of hydrogen-bond acceptors (Lipinski definition) is 3. The van der Waals surface area contributed by atoms with Gasteiger partial charge in [0.05, 0.1) is 18.7 Å². The monoisotopic (exact) mass is 240 g/mol. The molecule has 4 nitrogen and oxygen atoms in total. The molecule has 0 bridgehead atoms. The van der Waals surface area contributed by atoms with E-state index in [4.69, 9.17) is 16.3 Å². The number of methoxy groups -OCH3 is 1. The summed E-state index contributed by atoms with van der Waals surface area (Å²) in [6.45, 7) is 1.85. The van der Waals surface area contributed by atoms with Gasteiger partial charge in [-0.25, -0.2) is 0 Å². The maximum Gasteiger partial charge on any atom is 0.239 e. The highest BCUT2D eigenvalue weighted by Crippen LogP contribution is 2.29. The molecular formula is C11H13ClN2O2. The molecule has 5 heteroatoms. The molecule has 0 spiro atoms. The van der Waals surface area contributed by atoms with E-state index in [2.05, 4.69) is 5.32 Å². The van der Waals surface area contributed by atoms with Gasteiger partial charge in [0.1, 0.15) is 5.75 Å². The SMILES string of the molecule is COc1ccc(N2CCNC(=O)C2)cc1Cl. The third kappa shape index (κ3) is 2.22. The number of ether oxygens (including phenoxy) is 1. The van der Waals surface area contributed by atoms with Gasteiger partial charge in [0.15, 0.2) is 0 Å². The van der Waals surface area contributed by atoms with Crippen LogP contribution in [0, 0.1) is 0 Å². The fourth-order valence-corrected chi connectivity index (χ4v) is 1.96. The zero-order valence-electron chi connectivity index (χ0n) is 9.00. The molecule has 0 radical (unpaired) electrons. The number of piperazine rings is 1. The van der Waals surface area contributed by atoms with Crippen LogP contribution in [-0.2, 0) is 4.79 Å². The van der Waals surface area contributed by atoms with Crippen molar-refractivity contribution in [2.24, 2.45) is 0 Å². The van der Waals surface area contributed by atoms with E-state index in [0.29, 0.717) is 23.9 Å². The third-order valence-electron chi connectivity index (χ3n) is 2.54. The molecule has 0 unspecified atom stereocenters. The van der Waals surface area contributed by atoms with Gasteiger partial charge in [0.25, 0.3) is 0 Å². The Morgan fingerprint density at radius 1 is 1.50 bits per heavy atom. The Hall–Kier alpha value is -1.42. The molecule has 1 fully saturated rings. The van der Waals surface area contributed by atoms with Crippen molar-refractivity contribution >= 4 is 23.2 Å². The first kappa shape index (κ1) is 11.1. The lowest BCUT2D eigenvalue weighted by Crippen LogP contribution is -2.47. The van der Waals surface area contributed by atoms with Crippen molar-refractivity contribution in [1.29, 1.82) is 0 Å². The number of nitrogens with zero attached hydrogens (tertiary/aromatic N) is 1. The highest BCUT2D eigenvalue weighted by Gasteiger charge is 2.17. The Morgan fingerprint density at radius 3 is 2.94 bits per heavy atom. The summed E-state index contributed by atoms with van der Waals surface area (Å²) in [7, 11) is 1.58. The maximum atomic E-state index is 11.2. The molecule has 1 aromatic carbocycles. The van der Waals surface area contributed by atoms with Crippen LogP contribution in [0.25, 0.3) is 0 Å². The largest absolute Gasteiger partial charge is 0.495 e. The van der Waals surface area contributed by atoms with Crippen molar-refractivity contribution < 1.29 is 9.53 Å². The topological polar surface area (TPSA) is 41.6 Å². The summed E-state index contributed by atoms with van der Waals surface area (Å²) in [4.78, 5) is 13.2. The highest BCUT2D eigenvalue weighted by molar-refractivity contribution is 6.32. The van der Waals surface area contributed by atoms with E-state index in [1.54, 1.807) is 7.11 Å². The molecule has 1 amide bonds. The van der Waals surface area contributed by atoms with Gasteiger partial charge in [0, 0.05) is 18.8 Å². The van der Waals surface area contributed by atoms with E-state index < -0.39 is 0 Å². The van der Waals surface area contributed by atoms with E-state index in [9.17, 15) is 4.79 Å². The molecule has 1 aromatic rings. The second-order valence-electron chi connectivity index (χ2n) is 3.59. The first-order chi connectivity index (χ1) is 7.70. The average Bonchev–Trinajstić information content (AvgIpc) is 2.29. The molecule has 0 aromatic heterocycles. The van der Waals surface area contributed by atoms with Gasteiger partial charge in [-0.15, -0.1) is 0 Å². The van der Waals surface area contributed by atoms with Gasteiger partial charge in [0.2, 0.25) is 5.91 Å². The second kappa shape index (κ2) is 4.61. The molecule has 1 N–H and O–H groups in total. The third-order valence-corrected chi connectivity index (χ3v) is 2.83. The van der Waals surface area contributed by atoms with Crippen molar-refractivity contribution in [2.75, 3.05) is 31.6 Å². The van der Waals surface area contributed by atoms with Crippen LogP contribution >= 0.6 is 11.6 Å². The number of anilines is 1. The number of benzene rings is 1. The summed E-state index contributed by atoms with van der Waals surface area (Å²) >= 11 is 6.03. The van der Waals surface area contributed by atoms with E-state index in [0.717, 1.165) is 12.2 Å². The minimum atomic E-state index is 0.0400. The molecule has 16 heavy (non-hydrogen) atoms. The number of nitrogens with one attached hydrogen (secondary N) is 1. The predicted octanol–water partition coefficient (Wildman–Crippen LogP) is 1.28. The lowest BCUT2D eigenvalue weighted by Gasteiger charge is -2.28. The number of carbonyl (C=O) groups is 1. The molecule has 1 saturated heterocycles. The van der Waals surface area contributed by atoms with Crippen molar-refractivity contribution in [3.05, 3.63) is 23.2 Å². The lowest BCUT2D eigenvalue weighted by molar-refractivity contribution is -0.120. The summed E-state index contributed by atoms with van der Waals surface area (Å²) in [5.41, 5.74) is 0.945. The van der Waals surface area contributed by atoms with Crippen LogP contribution in [0.15, 0.2) is 18.2 Å². The van der Waals surface area contributed by atoms with E-state index >= 15 is 0 Å². The van der Waals surface area contributed by atoms with Crippen LogP contribution in [0.5, 0.6) is 5.75 Å². The van der Waals surface area contributed by atoms with Gasteiger partial charge >= 0.3 is 0 Å². The maximum absolute atomic E-state index is 11.2. The molecule has 0 saturated carbocycles. The normalized spacial score (nSPS) is 15.9. The fraction of sp³-hybridized carbons (Fsp3) is 0.364. The summed E-state index contributed by atoms with van der Waals surface area (Å²) < 4.78 is 5.08. The summed E-state index contributed by atoms with van der Waals surface area (Å²) in [6.07, 6.45) is 0. The van der Waals surface area contributed by atoms with Gasteiger partial charge in [-0.05, 0) is 18.2 Å². The summed E-state index contributed by atoms with van der Waals surface area (Å²) in [5.74, 6) is 0.685.